The molecule has 2 heteroatoms. The van der Waals surface area contributed by atoms with Gasteiger partial charge in [-0.05, 0) is 41.7 Å². The van der Waals surface area contributed by atoms with E-state index in [1.54, 1.807) is 0 Å². The number of hydrogen-bond acceptors (Lipinski definition) is 2. The summed E-state index contributed by atoms with van der Waals surface area (Å²) in [4.78, 5) is 0. The van der Waals surface area contributed by atoms with Crippen LogP contribution in [0, 0.1) is 0 Å². The molecule has 2 nitrogen and oxygen atoms in total. The molecule has 1 atom stereocenters. The Kier molecular flexibility index (Phi) is 4.06. The molecule has 1 aliphatic carbocycles. The van der Waals surface area contributed by atoms with Gasteiger partial charge in [-0.2, -0.15) is 0 Å². The fourth-order valence-electron chi connectivity index (χ4n) is 3.34. The van der Waals surface area contributed by atoms with Crippen molar-refractivity contribution in [2.24, 2.45) is 0 Å². The molecule has 1 aliphatic rings. The van der Waals surface area contributed by atoms with E-state index in [0.29, 0.717) is 0 Å². The van der Waals surface area contributed by atoms with E-state index in [0.717, 1.165) is 53.0 Å². The van der Waals surface area contributed by atoms with Gasteiger partial charge in [-0.15, -0.1) is 0 Å². The van der Waals surface area contributed by atoms with Gasteiger partial charge >= 0.3 is 0 Å². The van der Waals surface area contributed by atoms with Gasteiger partial charge in [0, 0.05) is 12.0 Å². The first-order chi connectivity index (χ1) is 11.8. The van der Waals surface area contributed by atoms with Gasteiger partial charge in [0.2, 0.25) is 0 Å². The van der Waals surface area contributed by atoms with Crippen molar-refractivity contribution < 1.29 is 9.52 Å². The van der Waals surface area contributed by atoms with E-state index in [2.05, 4.69) is 30.3 Å². The summed E-state index contributed by atoms with van der Waals surface area (Å²) in [5.41, 5.74) is 4.38. The lowest BCUT2D eigenvalue weighted by molar-refractivity contribution is 0.152. The van der Waals surface area contributed by atoms with Gasteiger partial charge in [-0.3, -0.25) is 0 Å². The normalized spacial score (nSPS) is 16.5. The van der Waals surface area contributed by atoms with Crippen LogP contribution >= 0.6 is 0 Å². The highest BCUT2D eigenvalue weighted by molar-refractivity contribution is 5.90. The van der Waals surface area contributed by atoms with Crippen LogP contribution in [0.3, 0.4) is 0 Å². The zero-order valence-corrected chi connectivity index (χ0v) is 13.5. The highest BCUT2D eigenvalue weighted by Gasteiger charge is 2.22. The van der Waals surface area contributed by atoms with Crippen molar-refractivity contribution in [1.82, 2.24) is 0 Å². The first-order valence-electron chi connectivity index (χ1n) is 8.44. The minimum atomic E-state index is -0.392. The zero-order chi connectivity index (χ0) is 16.4. The number of aliphatic hydroxyl groups excluding tert-OH is 1. The third-order valence-corrected chi connectivity index (χ3v) is 4.56. The van der Waals surface area contributed by atoms with Crippen molar-refractivity contribution >= 4 is 11.6 Å². The van der Waals surface area contributed by atoms with Crippen molar-refractivity contribution in [2.75, 3.05) is 0 Å². The fourth-order valence-corrected chi connectivity index (χ4v) is 3.34. The minimum absolute atomic E-state index is 0.392. The predicted octanol–water partition coefficient (Wildman–Crippen LogP) is 5.24. The summed E-state index contributed by atoms with van der Waals surface area (Å²) in [5, 5.41) is 10.2. The number of rotatable bonds is 3. The molecule has 0 radical (unpaired) electrons. The number of benzene rings is 2. The number of aryl methyl sites for hydroxylation is 1. The highest BCUT2D eigenvalue weighted by atomic mass is 16.3. The Morgan fingerprint density at radius 2 is 1.58 bits per heavy atom. The SMILES string of the molecule is OC1CCCc2oc(C=C(c3ccccc3)c3ccccc3)cc21. The molecule has 0 amide bonds. The van der Waals surface area contributed by atoms with Crippen LogP contribution in [-0.2, 0) is 6.42 Å². The van der Waals surface area contributed by atoms with E-state index < -0.39 is 6.10 Å². The lowest BCUT2D eigenvalue weighted by Gasteiger charge is -2.15. The average molecular weight is 316 g/mol. The maximum Gasteiger partial charge on any atom is 0.128 e. The summed E-state index contributed by atoms with van der Waals surface area (Å²) in [6.45, 7) is 0. The predicted molar refractivity (Wildman–Crippen MR) is 96.5 cm³/mol. The molecule has 3 aromatic rings. The Morgan fingerprint density at radius 3 is 2.17 bits per heavy atom. The van der Waals surface area contributed by atoms with E-state index in [9.17, 15) is 5.11 Å². The largest absolute Gasteiger partial charge is 0.461 e. The Balaban J connectivity index is 1.81. The Morgan fingerprint density at radius 1 is 0.958 bits per heavy atom. The van der Waals surface area contributed by atoms with Crippen LogP contribution in [0.25, 0.3) is 11.6 Å². The molecule has 0 aliphatic heterocycles. The van der Waals surface area contributed by atoms with Crippen LogP contribution in [0.5, 0.6) is 0 Å². The summed E-state index contributed by atoms with van der Waals surface area (Å²) >= 11 is 0. The highest BCUT2D eigenvalue weighted by Crippen LogP contribution is 2.34. The average Bonchev–Trinajstić information content (AvgIpc) is 3.05. The molecule has 1 N–H and O–H groups in total. The Bertz CT molecular complexity index is 803. The monoisotopic (exact) mass is 316 g/mol. The summed E-state index contributed by atoms with van der Waals surface area (Å²) < 4.78 is 6.01. The van der Waals surface area contributed by atoms with Crippen molar-refractivity contribution in [1.29, 1.82) is 0 Å². The van der Waals surface area contributed by atoms with Gasteiger partial charge in [-0.1, -0.05) is 60.7 Å². The van der Waals surface area contributed by atoms with Crippen LogP contribution in [0.2, 0.25) is 0 Å². The molecule has 1 unspecified atom stereocenters. The molecule has 24 heavy (non-hydrogen) atoms. The van der Waals surface area contributed by atoms with Crippen molar-refractivity contribution in [3.63, 3.8) is 0 Å². The molecule has 120 valence electrons. The minimum Gasteiger partial charge on any atom is -0.461 e. The molecule has 0 bridgehead atoms. The first-order valence-corrected chi connectivity index (χ1v) is 8.44. The standard InChI is InChI=1S/C22H20O2/c23-21-12-7-13-22-20(21)15-18(24-22)14-19(16-8-3-1-4-9-16)17-10-5-2-6-11-17/h1-6,8-11,14-15,21,23H,7,12-13H2. The van der Waals surface area contributed by atoms with Gasteiger partial charge in [0.25, 0.3) is 0 Å². The second kappa shape index (κ2) is 6.50. The zero-order valence-electron chi connectivity index (χ0n) is 13.5. The third-order valence-electron chi connectivity index (χ3n) is 4.56. The maximum absolute atomic E-state index is 10.2. The summed E-state index contributed by atoms with van der Waals surface area (Å²) in [6.07, 6.45) is 4.40. The van der Waals surface area contributed by atoms with Crippen LogP contribution in [-0.4, -0.2) is 5.11 Å². The topological polar surface area (TPSA) is 33.4 Å². The number of aliphatic hydroxyl groups is 1. The van der Waals surface area contributed by atoms with Gasteiger partial charge in [0.15, 0.2) is 0 Å². The van der Waals surface area contributed by atoms with E-state index in [1.165, 1.54) is 0 Å². The number of fused-ring (bicyclic) bond motifs is 1. The van der Waals surface area contributed by atoms with Crippen molar-refractivity contribution in [2.45, 2.75) is 25.4 Å². The fraction of sp³-hybridized carbons (Fsp3) is 0.182. The molecule has 1 heterocycles. The maximum atomic E-state index is 10.2. The molecule has 0 fully saturated rings. The number of furan rings is 1. The van der Waals surface area contributed by atoms with Gasteiger partial charge in [-0.25, -0.2) is 0 Å². The third kappa shape index (κ3) is 2.93. The molecule has 1 aromatic heterocycles. The van der Waals surface area contributed by atoms with Crippen LogP contribution in [0.4, 0.5) is 0 Å². The van der Waals surface area contributed by atoms with Crippen molar-refractivity contribution in [3.05, 3.63) is 94.9 Å². The molecular formula is C22H20O2. The van der Waals surface area contributed by atoms with Gasteiger partial charge in [0.1, 0.15) is 11.5 Å². The molecular weight excluding hydrogens is 296 g/mol. The molecule has 0 saturated heterocycles. The smallest absolute Gasteiger partial charge is 0.128 e. The Labute approximate surface area is 142 Å². The number of hydrogen-bond donors (Lipinski definition) is 1. The summed E-state index contributed by atoms with van der Waals surface area (Å²) in [7, 11) is 0. The summed E-state index contributed by atoms with van der Waals surface area (Å²) in [6, 6.07) is 22.6. The van der Waals surface area contributed by atoms with Crippen LogP contribution in [0.1, 0.15) is 47.2 Å². The van der Waals surface area contributed by atoms with Crippen LogP contribution < -0.4 is 0 Å². The van der Waals surface area contributed by atoms with E-state index in [4.69, 9.17) is 4.42 Å². The lowest BCUT2D eigenvalue weighted by atomic mass is 9.95. The lowest BCUT2D eigenvalue weighted by Crippen LogP contribution is -2.05. The molecule has 0 spiro atoms. The van der Waals surface area contributed by atoms with E-state index in [-0.39, 0.29) is 0 Å². The molecule has 0 saturated carbocycles. The molecule has 4 rings (SSSR count). The van der Waals surface area contributed by atoms with Gasteiger partial charge < -0.3 is 9.52 Å². The second-order valence-corrected chi connectivity index (χ2v) is 6.23. The first kappa shape index (κ1) is 15.0. The summed E-state index contributed by atoms with van der Waals surface area (Å²) in [5.74, 6) is 1.74. The van der Waals surface area contributed by atoms with Crippen molar-refractivity contribution in [3.8, 4) is 0 Å². The van der Waals surface area contributed by atoms with Gasteiger partial charge in [0.05, 0.1) is 6.10 Å². The quantitative estimate of drug-likeness (QED) is 0.717. The molecule has 2 aromatic carbocycles. The van der Waals surface area contributed by atoms with E-state index in [1.807, 2.05) is 42.5 Å². The van der Waals surface area contributed by atoms with Crippen LogP contribution in [0.15, 0.2) is 71.1 Å². The second-order valence-electron chi connectivity index (χ2n) is 6.23. The Hall–Kier alpha value is -2.58. The van der Waals surface area contributed by atoms with E-state index >= 15 is 0 Å².